The smallest absolute Gasteiger partial charge is 0.292 e. The van der Waals surface area contributed by atoms with Crippen LogP contribution in [0.25, 0.3) is 0 Å². The summed E-state index contributed by atoms with van der Waals surface area (Å²) in [7, 11) is 0. The highest BCUT2D eigenvalue weighted by Gasteiger charge is 2.26. The van der Waals surface area contributed by atoms with E-state index in [1.807, 2.05) is 77.5 Å². The van der Waals surface area contributed by atoms with E-state index in [-0.39, 0.29) is 12.5 Å². The molecule has 5 nitrogen and oxygen atoms in total. The molecule has 2 heterocycles. The second kappa shape index (κ2) is 7.27. The largest absolute Gasteiger partial charge is 0.485 e. The molecule has 1 amide bonds. The number of pyridine rings is 1. The van der Waals surface area contributed by atoms with Gasteiger partial charge in [-0.3, -0.25) is 4.79 Å². The molecule has 130 valence electrons. The number of fused-ring (bicyclic) bond motifs is 1. The maximum Gasteiger partial charge on any atom is 0.292 e. The number of hydrogen-bond acceptors (Lipinski definition) is 3. The lowest BCUT2D eigenvalue weighted by molar-refractivity contribution is -0.127. The number of carbonyl (C=O) groups excluding carboxylic acids is 1. The molecule has 26 heavy (non-hydrogen) atoms. The van der Waals surface area contributed by atoms with Crippen LogP contribution >= 0.6 is 0 Å². The second-order valence-electron chi connectivity index (χ2n) is 5.99. The Hall–Kier alpha value is -3.34. The normalized spacial score (nSPS) is 16.3. The van der Waals surface area contributed by atoms with Gasteiger partial charge in [0.15, 0.2) is 11.5 Å². The monoisotopic (exact) mass is 346 g/mol. The Morgan fingerprint density at radius 2 is 1.69 bits per heavy atom. The molecule has 0 fully saturated rings. The third-order valence-electron chi connectivity index (χ3n) is 4.12. The fourth-order valence-electron chi connectivity index (χ4n) is 2.81. The van der Waals surface area contributed by atoms with E-state index in [2.05, 4.69) is 4.99 Å². The number of nitrogens with zero attached hydrogens (tertiary/aromatic N) is 2. The first-order valence-electron chi connectivity index (χ1n) is 8.46. The minimum absolute atomic E-state index is 0.158. The zero-order valence-corrected chi connectivity index (χ0v) is 14.1. The molecule has 1 aromatic heterocycles. The van der Waals surface area contributed by atoms with Crippen LogP contribution in [0.2, 0.25) is 0 Å². The van der Waals surface area contributed by atoms with Crippen LogP contribution in [-0.2, 0) is 11.3 Å². The fourth-order valence-corrected chi connectivity index (χ4v) is 2.81. The van der Waals surface area contributed by atoms with Gasteiger partial charge in [0.25, 0.3) is 5.91 Å². The molecule has 1 aliphatic heterocycles. The van der Waals surface area contributed by atoms with E-state index >= 15 is 0 Å². The van der Waals surface area contributed by atoms with Crippen LogP contribution < -0.4 is 15.0 Å². The molecule has 0 aliphatic carbocycles. The van der Waals surface area contributed by atoms with E-state index in [9.17, 15) is 4.79 Å². The number of amides is 1. The summed E-state index contributed by atoms with van der Waals surface area (Å²) in [6, 6.07) is 23.0. The molecule has 0 N–H and O–H groups in total. The van der Waals surface area contributed by atoms with Crippen molar-refractivity contribution in [1.29, 1.82) is 0 Å². The highest BCUT2D eigenvalue weighted by Crippen LogP contribution is 2.31. The van der Waals surface area contributed by atoms with Crippen molar-refractivity contribution in [2.24, 2.45) is 4.99 Å². The Morgan fingerprint density at radius 1 is 0.962 bits per heavy atom. The van der Waals surface area contributed by atoms with E-state index in [1.54, 1.807) is 6.07 Å². The van der Waals surface area contributed by atoms with Gasteiger partial charge in [-0.15, -0.1) is 0 Å². The van der Waals surface area contributed by atoms with Crippen molar-refractivity contribution in [3.63, 3.8) is 0 Å². The molecule has 0 bridgehead atoms. The first-order valence-corrected chi connectivity index (χ1v) is 8.46. The zero-order valence-electron chi connectivity index (χ0n) is 14.1. The second-order valence-corrected chi connectivity index (χ2v) is 5.99. The molecule has 1 unspecified atom stereocenters. The van der Waals surface area contributed by atoms with Crippen molar-refractivity contribution in [2.75, 3.05) is 6.61 Å². The van der Waals surface area contributed by atoms with Gasteiger partial charge in [-0.05, 0) is 29.8 Å². The van der Waals surface area contributed by atoms with Crippen LogP contribution in [0.3, 0.4) is 0 Å². The molecule has 1 atom stereocenters. The van der Waals surface area contributed by atoms with Gasteiger partial charge >= 0.3 is 0 Å². The average molecular weight is 346 g/mol. The molecule has 4 rings (SSSR count). The van der Waals surface area contributed by atoms with Crippen molar-refractivity contribution >= 4 is 5.91 Å². The van der Waals surface area contributed by atoms with Gasteiger partial charge in [0.1, 0.15) is 12.1 Å². The molecule has 1 aliphatic rings. The van der Waals surface area contributed by atoms with Gasteiger partial charge < -0.3 is 14.0 Å². The molecule has 5 heteroatoms. The van der Waals surface area contributed by atoms with Crippen LogP contribution in [0.5, 0.6) is 11.5 Å². The van der Waals surface area contributed by atoms with E-state index < -0.39 is 6.10 Å². The van der Waals surface area contributed by atoms with Crippen molar-refractivity contribution in [2.45, 2.75) is 12.6 Å². The predicted octanol–water partition coefficient (Wildman–Crippen LogP) is 2.80. The maximum atomic E-state index is 12.6. The number of benzene rings is 2. The van der Waals surface area contributed by atoms with Gasteiger partial charge in [-0.25, -0.2) is 0 Å². The van der Waals surface area contributed by atoms with E-state index in [4.69, 9.17) is 9.47 Å². The lowest BCUT2D eigenvalue weighted by Crippen LogP contribution is -2.37. The SMILES string of the molecule is O=C(N=c1ccccn1Cc1ccccc1)C1COc2ccccc2O1. The third-order valence-corrected chi connectivity index (χ3v) is 4.12. The van der Waals surface area contributed by atoms with Gasteiger partial charge in [0.05, 0.1) is 0 Å². The van der Waals surface area contributed by atoms with Crippen molar-refractivity contribution in [3.8, 4) is 11.5 Å². The Labute approximate surface area is 151 Å². The molecule has 3 aromatic rings. The number of ether oxygens (including phenoxy) is 2. The van der Waals surface area contributed by atoms with Crippen LogP contribution in [0.1, 0.15) is 5.56 Å². The molecular weight excluding hydrogens is 328 g/mol. The van der Waals surface area contributed by atoms with Crippen molar-refractivity contribution < 1.29 is 14.3 Å². The summed E-state index contributed by atoms with van der Waals surface area (Å²) in [5, 5.41) is 0. The summed E-state index contributed by atoms with van der Waals surface area (Å²) in [4.78, 5) is 16.9. The van der Waals surface area contributed by atoms with Crippen LogP contribution in [0.15, 0.2) is 84.0 Å². The van der Waals surface area contributed by atoms with Crippen LogP contribution in [-0.4, -0.2) is 23.2 Å². The summed E-state index contributed by atoms with van der Waals surface area (Å²) in [5.74, 6) is 0.862. The molecule has 0 radical (unpaired) electrons. The van der Waals surface area contributed by atoms with E-state index in [1.165, 1.54) is 0 Å². The lowest BCUT2D eigenvalue weighted by Gasteiger charge is -2.24. The topological polar surface area (TPSA) is 52.8 Å². The number of aromatic nitrogens is 1. The zero-order chi connectivity index (χ0) is 17.8. The molecule has 0 saturated heterocycles. The van der Waals surface area contributed by atoms with Gasteiger partial charge in [0.2, 0.25) is 6.10 Å². The molecule has 2 aromatic carbocycles. The highest BCUT2D eigenvalue weighted by atomic mass is 16.6. The van der Waals surface area contributed by atoms with Gasteiger partial charge in [-0.2, -0.15) is 4.99 Å². The number of rotatable bonds is 3. The minimum atomic E-state index is -0.740. The van der Waals surface area contributed by atoms with E-state index in [0.717, 1.165) is 5.56 Å². The molecule has 0 spiro atoms. The molecular formula is C21H18N2O3. The highest BCUT2D eigenvalue weighted by molar-refractivity contribution is 5.82. The van der Waals surface area contributed by atoms with Crippen LogP contribution in [0, 0.1) is 0 Å². The number of para-hydroxylation sites is 2. The standard InChI is InChI=1S/C21H18N2O3/c24-21(19-15-25-17-10-4-5-11-18(17)26-19)22-20-12-6-7-13-23(20)14-16-8-2-1-3-9-16/h1-13,19H,14-15H2. The van der Waals surface area contributed by atoms with Gasteiger partial charge in [-0.1, -0.05) is 48.5 Å². The van der Waals surface area contributed by atoms with E-state index in [0.29, 0.717) is 23.5 Å². The Bertz CT molecular complexity index is 980. The Kier molecular flexibility index (Phi) is 4.51. The Morgan fingerprint density at radius 3 is 2.54 bits per heavy atom. The quantitative estimate of drug-likeness (QED) is 0.733. The summed E-state index contributed by atoms with van der Waals surface area (Å²) >= 11 is 0. The predicted molar refractivity (Wildman–Crippen MR) is 96.9 cm³/mol. The summed E-state index contributed by atoms with van der Waals surface area (Å²) < 4.78 is 13.3. The summed E-state index contributed by atoms with van der Waals surface area (Å²) in [6.07, 6.45) is 1.17. The lowest BCUT2D eigenvalue weighted by atomic mass is 10.2. The first kappa shape index (κ1) is 16.1. The minimum Gasteiger partial charge on any atom is -0.485 e. The number of hydrogen-bond donors (Lipinski definition) is 0. The van der Waals surface area contributed by atoms with Crippen molar-refractivity contribution in [3.05, 3.63) is 90.0 Å². The molecule has 0 saturated carbocycles. The third kappa shape index (κ3) is 3.52. The summed E-state index contributed by atoms with van der Waals surface area (Å²) in [6.45, 7) is 0.795. The average Bonchev–Trinajstić information content (AvgIpc) is 2.70. The van der Waals surface area contributed by atoms with Gasteiger partial charge in [0, 0.05) is 12.7 Å². The fraction of sp³-hybridized carbons (Fsp3) is 0.143. The van der Waals surface area contributed by atoms with Crippen LogP contribution in [0.4, 0.5) is 0 Å². The summed E-state index contributed by atoms with van der Waals surface area (Å²) in [5.41, 5.74) is 1.72. The number of carbonyl (C=O) groups is 1. The maximum absolute atomic E-state index is 12.6. The Balaban J connectivity index is 1.58. The van der Waals surface area contributed by atoms with Crippen molar-refractivity contribution in [1.82, 2.24) is 4.57 Å². The first-order chi connectivity index (χ1) is 12.8.